The maximum atomic E-state index is 6.62. The van der Waals surface area contributed by atoms with Gasteiger partial charge in [-0.2, -0.15) is 0 Å². The van der Waals surface area contributed by atoms with Gasteiger partial charge in [0.2, 0.25) is 0 Å². The van der Waals surface area contributed by atoms with Crippen molar-refractivity contribution >= 4 is 60.5 Å². The molecule has 0 aliphatic heterocycles. The molecule has 1 heterocycles. The number of nitrogens with zero attached hydrogens (tertiary/aromatic N) is 1. The summed E-state index contributed by atoms with van der Waals surface area (Å²) in [6, 6.07) is 68.5. The van der Waals surface area contributed by atoms with E-state index >= 15 is 0 Å². The van der Waals surface area contributed by atoms with Gasteiger partial charge in [0.25, 0.3) is 0 Å². The Hall–Kier alpha value is -6.90. The zero-order valence-corrected chi connectivity index (χ0v) is 30.8. The van der Waals surface area contributed by atoms with Crippen LogP contribution in [0.1, 0.15) is 25.0 Å². The van der Waals surface area contributed by atoms with Gasteiger partial charge in [-0.25, -0.2) is 0 Å². The molecule has 9 aromatic carbocycles. The van der Waals surface area contributed by atoms with Crippen LogP contribution in [0.4, 0.5) is 17.1 Å². The molecule has 0 unspecified atom stereocenters. The fourth-order valence-corrected chi connectivity index (χ4v) is 8.99. The molecule has 0 spiro atoms. The fourth-order valence-electron chi connectivity index (χ4n) is 8.99. The van der Waals surface area contributed by atoms with Crippen LogP contribution in [0.5, 0.6) is 0 Å². The number of para-hydroxylation sites is 1. The van der Waals surface area contributed by atoms with Gasteiger partial charge in [-0.05, 0) is 115 Å². The number of hydrogen-bond acceptors (Lipinski definition) is 2. The number of benzene rings is 9. The van der Waals surface area contributed by atoms with Crippen LogP contribution in [0.2, 0.25) is 0 Å². The summed E-state index contributed by atoms with van der Waals surface area (Å²) in [7, 11) is 0. The third-order valence-corrected chi connectivity index (χ3v) is 11.8. The van der Waals surface area contributed by atoms with Crippen molar-refractivity contribution in [3.05, 3.63) is 199 Å². The minimum absolute atomic E-state index is 0.0582. The summed E-state index contributed by atoms with van der Waals surface area (Å²) in [5.74, 6) is 0. The molecule has 260 valence electrons. The molecule has 0 atom stereocenters. The Morgan fingerprint density at radius 2 is 1.00 bits per heavy atom. The highest BCUT2D eigenvalue weighted by molar-refractivity contribution is 6.13. The van der Waals surface area contributed by atoms with Gasteiger partial charge >= 0.3 is 0 Å². The van der Waals surface area contributed by atoms with Crippen molar-refractivity contribution < 1.29 is 4.42 Å². The van der Waals surface area contributed by atoms with E-state index in [1.807, 2.05) is 0 Å². The van der Waals surface area contributed by atoms with Gasteiger partial charge in [-0.15, -0.1) is 0 Å². The van der Waals surface area contributed by atoms with E-state index in [-0.39, 0.29) is 5.41 Å². The van der Waals surface area contributed by atoms with Crippen molar-refractivity contribution in [3.63, 3.8) is 0 Å². The molecule has 0 bridgehead atoms. The summed E-state index contributed by atoms with van der Waals surface area (Å²) in [4.78, 5) is 2.40. The summed E-state index contributed by atoms with van der Waals surface area (Å²) in [6.45, 7) is 4.68. The lowest BCUT2D eigenvalue weighted by Crippen LogP contribution is -2.15. The standard InChI is InChI=1S/C53H37NO/c1-53(2)49-20-8-7-17-45(49)47-33-43(27-28-50(47)53)54(42-16-9-15-37(30-42)40-22-21-34-11-3-4-12-36(34)29-40)41-25-23-35(24-26-41)44-18-10-19-46-48-31-38-13-5-6-14-39(38)32-51(48)55-52(44)46/h3-33H,1-2H3. The molecule has 0 radical (unpaired) electrons. The van der Waals surface area contributed by atoms with E-state index in [1.165, 1.54) is 54.9 Å². The minimum Gasteiger partial charge on any atom is -0.455 e. The van der Waals surface area contributed by atoms with E-state index in [9.17, 15) is 0 Å². The number of hydrogen-bond donors (Lipinski definition) is 0. The molecule has 0 saturated carbocycles. The summed E-state index contributed by atoms with van der Waals surface area (Å²) in [6.07, 6.45) is 0. The van der Waals surface area contributed by atoms with Crippen molar-refractivity contribution in [3.8, 4) is 33.4 Å². The first-order valence-electron chi connectivity index (χ1n) is 19.1. The monoisotopic (exact) mass is 703 g/mol. The van der Waals surface area contributed by atoms with Gasteiger partial charge in [0, 0.05) is 38.8 Å². The van der Waals surface area contributed by atoms with E-state index in [4.69, 9.17) is 4.42 Å². The first-order chi connectivity index (χ1) is 27.0. The maximum absolute atomic E-state index is 6.62. The Bertz CT molecular complexity index is 3130. The Labute approximate surface area is 320 Å². The van der Waals surface area contributed by atoms with Crippen LogP contribution in [-0.2, 0) is 5.41 Å². The lowest BCUT2D eigenvalue weighted by molar-refractivity contribution is 0.660. The molecule has 1 aliphatic rings. The topological polar surface area (TPSA) is 16.4 Å². The van der Waals surface area contributed by atoms with Gasteiger partial charge in [0.05, 0.1) is 0 Å². The largest absolute Gasteiger partial charge is 0.455 e. The van der Waals surface area contributed by atoms with E-state index in [1.54, 1.807) is 0 Å². The molecular formula is C53H37NO. The molecule has 0 amide bonds. The number of rotatable bonds is 5. The third-order valence-electron chi connectivity index (χ3n) is 11.8. The SMILES string of the molecule is CC1(C)c2ccccc2-c2cc(N(c3ccc(-c4cccc5c4oc4cc6ccccc6cc45)cc3)c3cccc(-c4ccc5ccccc5c4)c3)ccc21. The minimum atomic E-state index is -0.0582. The average molecular weight is 704 g/mol. The third kappa shape index (κ3) is 5.02. The van der Waals surface area contributed by atoms with Crippen LogP contribution in [0, 0.1) is 0 Å². The molecule has 0 N–H and O–H groups in total. The Morgan fingerprint density at radius 3 is 1.84 bits per heavy atom. The predicted molar refractivity (Wildman–Crippen MR) is 232 cm³/mol. The fraction of sp³-hybridized carbons (Fsp3) is 0.0566. The summed E-state index contributed by atoms with van der Waals surface area (Å²) in [5.41, 5.74) is 15.0. The molecule has 0 fully saturated rings. The smallest absolute Gasteiger partial charge is 0.143 e. The maximum Gasteiger partial charge on any atom is 0.143 e. The number of furan rings is 1. The van der Waals surface area contributed by atoms with E-state index in [0.29, 0.717) is 0 Å². The van der Waals surface area contributed by atoms with Crippen LogP contribution in [0.3, 0.4) is 0 Å². The van der Waals surface area contributed by atoms with E-state index in [2.05, 4.69) is 207 Å². The zero-order valence-electron chi connectivity index (χ0n) is 30.8. The van der Waals surface area contributed by atoms with Gasteiger partial charge in [-0.3, -0.25) is 0 Å². The molecule has 1 aromatic heterocycles. The average Bonchev–Trinajstić information content (AvgIpc) is 3.71. The highest BCUT2D eigenvalue weighted by atomic mass is 16.3. The molecule has 2 heteroatoms. The second-order valence-electron chi connectivity index (χ2n) is 15.4. The highest BCUT2D eigenvalue weighted by Gasteiger charge is 2.35. The van der Waals surface area contributed by atoms with Gasteiger partial charge in [0.1, 0.15) is 11.2 Å². The molecule has 55 heavy (non-hydrogen) atoms. The molecule has 10 aromatic rings. The van der Waals surface area contributed by atoms with Crippen molar-refractivity contribution in [2.45, 2.75) is 19.3 Å². The van der Waals surface area contributed by atoms with E-state index < -0.39 is 0 Å². The second kappa shape index (κ2) is 12.1. The molecular weight excluding hydrogens is 667 g/mol. The summed E-state index contributed by atoms with van der Waals surface area (Å²) < 4.78 is 6.62. The van der Waals surface area contributed by atoms with Crippen molar-refractivity contribution in [2.75, 3.05) is 4.90 Å². The molecule has 1 aliphatic carbocycles. The Morgan fingerprint density at radius 1 is 0.382 bits per heavy atom. The van der Waals surface area contributed by atoms with Gasteiger partial charge in [-0.1, -0.05) is 147 Å². The second-order valence-corrected chi connectivity index (χ2v) is 15.4. The van der Waals surface area contributed by atoms with Crippen LogP contribution < -0.4 is 4.90 Å². The van der Waals surface area contributed by atoms with Crippen molar-refractivity contribution in [1.82, 2.24) is 0 Å². The summed E-state index contributed by atoms with van der Waals surface area (Å²) in [5, 5.41) is 7.17. The predicted octanol–water partition coefficient (Wildman–Crippen LogP) is 15.0. The lowest BCUT2D eigenvalue weighted by atomic mass is 9.82. The molecule has 2 nitrogen and oxygen atoms in total. The van der Waals surface area contributed by atoms with Crippen molar-refractivity contribution in [1.29, 1.82) is 0 Å². The highest BCUT2D eigenvalue weighted by Crippen LogP contribution is 2.51. The number of fused-ring (bicyclic) bond motifs is 8. The summed E-state index contributed by atoms with van der Waals surface area (Å²) >= 11 is 0. The van der Waals surface area contributed by atoms with Crippen LogP contribution in [0.15, 0.2) is 192 Å². The van der Waals surface area contributed by atoms with Crippen LogP contribution in [-0.4, -0.2) is 0 Å². The Kier molecular flexibility index (Phi) is 6.93. The number of anilines is 3. The molecule has 0 saturated heterocycles. The Balaban J connectivity index is 1.05. The van der Waals surface area contributed by atoms with Gasteiger partial charge in [0.15, 0.2) is 0 Å². The normalized spacial score (nSPS) is 13.1. The molecule has 11 rings (SSSR count). The van der Waals surface area contributed by atoms with Crippen molar-refractivity contribution in [2.24, 2.45) is 0 Å². The first kappa shape index (κ1) is 31.6. The van der Waals surface area contributed by atoms with Gasteiger partial charge < -0.3 is 9.32 Å². The zero-order chi connectivity index (χ0) is 36.7. The first-order valence-corrected chi connectivity index (χ1v) is 19.1. The quantitative estimate of drug-likeness (QED) is 0.177. The lowest BCUT2D eigenvalue weighted by Gasteiger charge is -2.28. The van der Waals surface area contributed by atoms with Crippen LogP contribution in [0.25, 0.3) is 76.9 Å². The van der Waals surface area contributed by atoms with Crippen LogP contribution >= 0.6 is 0 Å². The van der Waals surface area contributed by atoms with E-state index in [0.717, 1.165) is 50.1 Å².